The molecule has 0 fully saturated rings. The number of benzene rings is 2. The van der Waals surface area contributed by atoms with E-state index in [1.54, 1.807) is 32.2 Å². The van der Waals surface area contributed by atoms with Gasteiger partial charge in [-0.3, -0.25) is 4.79 Å². The van der Waals surface area contributed by atoms with Crippen LogP contribution in [0.15, 0.2) is 36.4 Å². The molecule has 1 amide bonds. The zero-order chi connectivity index (χ0) is 19.1. The average Bonchev–Trinajstić information content (AvgIpc) is 2.64. The fraction of sp³-hybridized carbons (Fsp3) is 0.316. The van der Waals surface area contributed by atoms with Gasteiger partial charge in [-0.05, 0) is 43.7 Å². The van der Waals surface area contributed by atoms with Crippen molar-refractivity contribution in [1.82, 2.24) is 5.32 Å². The third-order valence-electron chi connectivity index (χ3n) is 3.58. The Labute approximate surface area is 163 Å². The second-order valence-electron chi connectivity index (χ2n) is 5.45. The fourth-order valence-corrected chi connectivity index (χ4v) is 2.59. The predicted octanol–water partition coefficient (Wildman–Crippen LogP) is 4.48. The van der Waals surface area contributed by atoms with E-state index in [4.69, 9.17) is 37.4 Å². The van der Waals surface area contributed by atoms with Gasteiger partial charge in [0.25, 0.3) is 5.91 Å². The standard InChI is InChI=1S/C19H21Cl2NO4/c1-4-25-15-9-8-13(10-17(15)24-3)11-22-19(23)12(2)26-16-7-5-6-14(20)18(16)21/h5-10,12H,4,11H2,1-3H3,(H,22,23). The molecule has 1 N–H and O–H groups in total. The SMILES string of the molecule is CCOc1ccc(CNC(=O)C(C)Oc2cccc(Cl)c2Cl)cc1OC. The van der Waals surface area contributed by atoms with E-state index < -0.39 is 6.10 Å². The van der Waals surface area contributed by atoms with Gasteiger partial charge in [0.05, 0.1) is 18.7 Å². The third-order valence-corrected chi connectivity index (χ3v) is 4.39. The molecule has 0 spiro atoms. The molecule has 2 rings (SSSR count). The maximum atomic E-state index is 12.3. The Balaban J connectivity index is 1.96. The van der Waals surface area contributed by atoms with Gasteiger partial charge in [-0.15, -0.1) is 0 Å². The lowest BCUT2D eigenvalue weighted by atomic mass is 10.2. The highest BCUT2D eigenvalue weighted by Gasteiger charge is 2.17. The number of nitrogens with one attached hydrogen (secondary N) is 1. The maximum Gasteiger partial charge on any atom is 0.261 e. The molecule has 0 saturated carbocycles. The Kier molecular flexibility index (Phi) is 7.42. The van der Waals surface area contributed by atoms with Gasteiger partial charge in [0.15, 0.2) is 17.6 Å². The van der Waals surface area contributed by atoms with Crippen LogP contribution in [0.1, 0.15) is 19.4 Å². The number of ether oxygens (including phenoxy) is 3. The zero-order valence-corrected chi connectivity index (χ0v) is 16.4. The second kappa shape index (κ2) is 9.55. The van der Waals surface area contributed by atoms with E-state index in [0.29, 0.717) is 35.4 Å². The van der Waals surface area contributed by atoms with Crippen molar-refractivity contribution < 1.29 is 19.0 Å². The van der Waals surface area contributed by atoms with Crippen molar-refractivity contribution in [2.24, 2.45) is 0 Å². The Morgan fingerprint density at radius 3 is 2.62 bits per heavy atom. The lowest BCUT2D eigenvalue weighted by Gasteiger charge is -2.16. The number of methoxy groups -OCH3 is 1. The van der Waals surface area contributed by atoms with Crippen LogP contribution in [0.5, 0.6) is 17.2 Å². The number of halogens is 2. The summed E-state index contributed by atoms with van der Waals surface area (Å²) in [7, 11) is 1.57. The highest BCUT2D eigenvalue weighted by Crippen LogP contribution is 2.32. The summed E-state index contributed by atoms with van der Waals surface area (Å²) in [6, 6.07) is 10.5. The Hall–Kier alpha value is -2.11. The molecule has 26 heavy (non-hydrogen) atoms. The molecule has 0 aromatic heterocycles. The van der Waals surface area contributed by atoms with Crippen molar-refractivity contribution in [3.8, 4) is 17.2 Å². The van der Waals surface area contributed by atoms with Crippen LogP contribution in [0.2, 0.25) is 10.0 Å². The number of hydrogen-bond acceptors (Lipinski definition) is 4. The molecular formula is C19H21Cl2NO4. The summed E-state index contributed by atoms with van der Waals surface area (Å²) in [5, 5.41) is 3.48. The summed E-state index contributed by atoms with van der Waals surface area (Å²) in [4.78, 5) is 12.3. The molecule has 0 saturated heterocycles. The van der Waals surface area contributed by atoms with Crippen molar-refractivity contribution >= 4 is 29.1 Å². The second-order valence-corrected chi connectivity index (χ2v) is 6.23. The van der Waals surface area contributed by atoms with Crippen molar-refractivity contribution in [2.75, 3.05) is 13.7 Å². The van der Waals surface area contributed by atoms with Crippen LogP contribution in [0.4, 0.5) is 0 Å². The molecule has 0 heterocycles. The first-order valence-corrected chi connectivity index (χ1v) is 8.90. The Morgan fingerprint density at radius 2 is 1.92 bits per heavy atom. The molecular weight excluding hydrogens is 377 g/mol. The lowest BCUT2D eigenvalue weighted by molar-refractivity contribution is -0.127. The smallest absolute Gasteiger partial charge is 0.261 e. The minimum atomic E-state index is -0.726. The molecule has 1 unspecified atom stereocenters. The highest BCUT2D eigenvalue weighted by atomic mass is 35.5. The molecule has 1 atom stereocenters. The van der Waals surface area contributed by atoms with Gasteiger partial charge in [-0.2, -0.15) is 0 Å². The van der Waals surface area contributed by atoms with Gasteiger partial charge in [0, 0.05) is 6.54 Å². The average molecular weight is 398 g/mol. The molecule has 7 heteroatoms. The van der Waals surface area contributed by atoms with E-state index in [0.717, 1.165) is 5.56 Å². The van der Waals surface area contributed by atoms with Crippen molar-refractivity contribution in [3.63, 3.8) is 0 Å². The van der Waals surface area contributed by atoms with Crippen LogP contribution >= 0.6 is 23.2 Å². The summed E-state index contributed by atoms with van der Waals surface area (Å²) >= 11 is 12.0. The number of amides is 1. The monoisotopic (exact) mass is 397 g/mol. The largest absolute Gasteiger partial charge is 0.493 e. The topological polar surface area (TPSA) is 56.8 Å². The molecule has 5 nitrogen and oxygen atoms in total. The molecule has 2 aromatic rings. The summed E-state index contributed by atoms with van der Waals surface area (Å²) in [5.74, 6) is 1.38. The highest BCUT2D eigenvalue weighted by molar-refractivity contribution is 6.42. The van der Waals surface area contributed by atoms with Crippen molar-refractivity contribution in [3.05, 3.63) is 52.0 Å². The first kappa shape index (κ1) is 20.2. The molecule has 0 radical (unpaired) electrons. The van der Waals surface area contributed by atoms with Gasteiger partial charge in [0.1, 0.15) is 10.8 Å². The molecule has 0 aliphatic heterocycles. The molecule has 0 aliphatic carbocycles. The van der Waals surface area contributed by atoms with Crippen LogP contribution in [0, 0.1) is 0 Å². The van der Waals surface area contributed by atoms with Crippen LogP contribution in [-0.2, 0) is 11.3 Å². The number of rotatable bonds is 8. The van der Waals surface area contributed by atoms with Crippen LogP contribution in [0.25, 0.3) is 0 Å². The summed E-state index contributed by atoms with van der Waals surface area (Å²) in [6.07, 6.45) is -0.726. The summed E-state index contributed by atoms with van der Waals surface area (Å²) in [6.45, 7) is 4.43. The molecule has 0 aliphatic rings. The van der Waals surface area contributed by atoms with Gasteiger partial charge in [0.2, 0.25) is 0 Å². The summed E-state index contributed by atoms with van der Waals surface area (Å²) in [5.41, 5.74) is 0.881. The Bertz CT molecular complexity index is 767. The fourth-order valence-electron chi connectivity index (χ4n) is 2.25. The Morgan fingerprint density at radius 1 is 1.15 bits per heavy atom. The van der Waals surface area contributed by atoms with E-state index in [-0.39, 0.29) is 10.9 Å². The van der Waals surface area contributed by atoms with E-state index >= 15 is 0 Å². The summed E-state index contributed by atoms with van der Waals surface area (Å²) < 4.78 is 16.4. The van der Waals surface area contributed by atoms with E-state index in [1.807, 2.05) is 25.1 Å². The normalized spacial score (nSPS) is 11.6. The number of carbonyl (C=O) groups excluding carboxylic acids is 1. The van der Waals surface area contributed by atoms with Crippen molar-refractivity contribution in [1.29, 1.82) is 0 Å². The first-order valence-electron chi connectivity index (χ1n) is 8.14. The minimum Gasteiger partial charge on any atom is -0.493 e. The maximum absolute atomic E-state index is 12.3. The van der Waals surface area contributed by atoms with Crippen LogP contribution in [-0.4, -0.2) is 25.7 Å². The van der Waals surface area contributed by atoms with Gasteiger partial charge >= 0.3 is 0 Å². The van der Waals surface area contributed by atoms with E-state index in [1.165, 1.54) is 0 Å². The van der Waals surface area contributed by atoms with E-state index in [2.05, 4.69) is 5.32 Å². The lowest BCUT2D eigenvalue weighted by Crippen LogP contribution is -2.35. The van der Waals surface area contributed by atoms with Gasteiger partial charge < -0.3 is 19.5 Å². The van der Waals surface area contributed by atoms with Gasteiger partial charge in [-0.25, -0.2) is 0 Å². The molecule has 2 aromatic carbocycles. The van der Waals surface area contributed by atoms with Crippen LogP contribution in [0.3, 0.4) is 0 Å². The van der Waals surface area contributed by atoms with Gasteiger partial charge in [-0.1, -0.05) is 35.3 Å². The third kappa shape index (κ3) is 5.19. The van der Waals surface area contributed by atoms with Crippen molar-refractivity contribution in [2.45, 2.75) is 26.5 Å². The van der Waals surface area contributed by atoms with Crippen LogP contribution < -0.4 is 19.5 Å². The van der Waals surface area contributed by atoms with E-state index in [9.17, 15) is 4.79 Å². The predicted molar refractivity (Wildman–Crippen MR) is 103 cm³/mol. The number of hydrogen-bond donors (Lipinski definition) is 1. The number of carbonyl (C=O) groups is 1. The molecule has 0 bridgehead atoms. The quantitative estimate of drug-likeness (QED) is 0.712. The zero-order valence-electron chi connectivity index (χ0n) is 14.8. The first-order chi connectivity index (χ1) is 12.5. The minimum absolute atomic E-state index is 0.270. The molecule has 140 valence electrons.